The SMILES string of the molecule is CNc1nc([C@@H]2CCN(C(=O)CC3(O)CCCCC3)C2)nc2c1CN(C(C)=O)CC2. The molecule has 0 aromatic carbocycles. The molecule has 2 aliphatic heterocycles. The minimum Gasteiger partial charge on any atom is -0.389 e. The molecule has 1 atom stereocenters. The highest BCUT2D eigenvalue weighted by molar-refractivity contribution is 5.77. The molecule has 2 fully saturated rings. The van der Waals surface area contributed by atoms with Gasteiger partial charge in [0.1, 0.15) is 11.6 Å². The lowest BCUT2D eigenvalue weighted by atomic mass is 9.82. The van der Waals surface area contributed by atoms with Crippen molar-refractivity contribution in [3.63, 3.8) is 0 Å². The second kappa shape index (κ2) is 8.49. The first-order chi connectivity index (χ1) is 14.4. The van der Waals surface area contributed by atoms with Gasteiger partial charge in [-0.1, -0.05) is 19.3 Å². The van der Waals surface area contributed by atoms with Gasteiger partial charge in [0.05, 0.1) is 24.3 Å². The molecule has 1 saturated carbocycles. The molecule has 1 aliphatic carbocycles. The maximum atomic E-state index is 12.8. The number of nitrogens with zero attached hydrogens (tertiary/aromatic N) is 4. The summed E-state index contributed by atoms with van der Waals surface area (Å²) in [6.45, 7) is 4.10. The predicted octanol–water partition coefficient (Wildman–Crippen LogP) is 1.82. The molecular weight excluding hydrogens is 382 g/mol. The first-order valence-corrected chi connectivity index (χ1v) is 11.2. The maximum absolute atomic E-state index is 12.8. The van der Waals surface area contributed by atoms with Gasteiger partial charge >= 0.3 is 0 Å². The lowest BCUT2D eigenvalue weighted by Gasteiger charge is -2.32. The predicted molar refractivity (Wildman–Crippen MR) is 113 cm³/mol. The Kier molecular flexibility index (Phi) is 5.95. The van der Waals surface area contributed by atoms with Gasteiger partial charge in [-0.3, -0.25) is 9.59 Å². The highest BCUT2D eigenvalue weighted by Gasteiger charge is 2.36. The van der Waals surface area contributed by atoms with Gasteiger partial charge < -0.3 is 20.2 Å². The summed E-state index contributed by atoms with van der Waals surface area (Å²) in [5.74, 6) is 1.78. The van der Waals surface area contributed by atoms with E-state index in [4.69, 9.17) is 9.97 Å². The van der Waals surface area contributed by atoms with Crippen molar-refractivity contribution in [3.05, 3.63) is 17.1 Å². The number of likely N-dealkylation sites (tertiary alicyclic amines) is 1. The number of carbonyl (C=O) groups is 2. The van der Waals surface area contributed by atoms with Crippen molar-refractivity contribution in [1.29, 1.82) is 0 Å². The summed E-state index contributed by atoms with van der Waals surface area (Å²) in [7, 11) is 1.84. The number of carbonyl (C=O) groups excluding carboxylic acids is 2. The number of hydrogen-bond acceptors (Lipinski definition) is 6. The summed E-state index contributed by atoms with van der Waals surface area (Å²) < 4.78 is 0. The van der Waals surface area contributed by atoms with E-state index in [2.05, 4.69) is 5.32 Å². The van der Waals surface area contributed by atoms with Gasteiger partial charge in [-0.25, -0.2) is 9.97 Å². The summed E-state index contributed by atoms with van der Waals surface area (Å²) in [4.78, 5) is 37.9. The molecule has 0 unspecified atom stereocenters. The fraction of sp³-hybridized carbons (Fsp3) is 0.727. The number of amides is 2. The standard InChI is InChI=1S/C22H33N5O3/c1-15(28)26-11-7-18-17(14-26)21(23-2)25-20(24-18)16-6-10-27(13-16)19(29)12-22(30)8-4-3-5-9-22/h16,30H,3-14H2,1-2H3,(H,23,24,25)/t16-/m1/s1. The molecule has 1 aromatic rings. The Hall–Kier alpha value is -2.22. The molecule has 2 amide bonds. The number of nitrogens with one attached hydrogen (secondary N) is 1. The molecule has 164 valence electrons. The van der Waals surface area contributed by atoms with Gasteiger partial charge in [0, 0.05) is 51.5 Å². The van der Waals surface area contributed by atoms with E-state index in [0.717, 1.165) is 67.8 Å². The van der Waals surface area contributed by atoms with Gasteiger partial charge in [-0.05, 0) is 19.3 Å². The smallest absolute Gasteiger partial charge is 0.225 e. The van der Waals surface area contributed by atoms with Crippen LogP contribution < -0.4 is 5.32 Å². The molecule has 0 radical (unpaired) electrons. The molecule has 3 heterocycles. The van der Waals surface area contributed by atoms with Crippen molar-refractivity contribution < 1.29 is 14.7 Å². The van der Waals surface area contributed by atoms with E-state index in [9.17, 15) is 14.7 Å². The van der Waals surface area contributed by atoms with Crippen molar-refractivity contribution >= 4 is 17.6 Å². The number of anilines is 1. The zero-order valence-electron chi connectivity index (χ0n) is 18.1. The van der Waals surface area contributed by atoms with E-state index in [1.54, 1.807) is 6.92 Å². The third-order valence-corrected chi connectivity index (χ3v) is 6.93. The second-order valence-corrected chi connectivity index (χ2v) is 9.08. The first-order valence-electron chi connectivity index (χ1n) is 11.2. The Bertz CT molecular complexity index is 804. The normalized spacial score (nSPS) is 23.2. The number of hydrogen-bond donors (Lipinski definition) is 2. The van der Waals surface area contributed by atoms with Crippen molar-refractivity contribution in [3.8, 4) is 0 Å². The van der Waals surface area contributed by atoms with E-state index in [-0.39, 0.29) is 24.2 Å². The van der Waals surface area contributed by atoms with E-state index in [0.29, 0.717) is 26.2 Å². The molecule has 30 heavy (non-hydrogen) atoms. The van der Waals surface area contributed by atoms with Crippen molar-refractivity contribution in [2.24, 2.45) is 0 Å². The Balaban J connectivity index is 1.45. The van der Waals surface area contributed by atoms with E-state index in [1.165, 1.54) is 0 Å². The third-order valence-electron chi connectivity index (χ3n) is 6.93. The van der Waals surface area contributed by atoms with Crippen LogP contribution in [0.5, 0.6) is 0 Å². The fourth-order valence-corrected chi connectivity index (χ4v) is 5.07. The lowest BCUT2D eigenvalue weighted by molar-refractivity contribution is -0.136. The average molecular weight is 416 g/mol. The van der Waals surface area contributed by atoms with Gasteiger partial charge in [-0.2, -0.15) is 0 Å². The topological polar surface area (TPSA) is 98.7 Å². The van der Waals surface area contributed by atoms with Gasteiger partial charge in [0.2, 0.25) is 11.8 Å². The largest absolute Gasteiger partial charge is 0.389 e. The van der Waals surface area contributed by atoms with Crippen LogP contribution in [-0.2, 0) is 22.6 Å². The fourth-order valence-electron chi connectivity index (χ4n) is 5.07. The Morgan fingerprint density at radius 3 is 2.63 bits per heavy atom. The molecule has 2 N–H and O–H groups in total. The molecule has 0 spiro atoms. The van der Waals surface area contributed by atoms with Gasteiger partial charge in [0.15, 0.2) is 0 Å². The molecular formula is C22H33N5O3. The molecule has 4 rings (SSSR count). The third kappa shape index (κ3) is 4.29. The van der Waals surface area contributed by atoms with Crippen molar-refractivity contribution in [2.45, 2.75) is 76.4 Å². The van der Waals surface area contributed by atoms with Crippen LogP contribution in [0.1, 0.15) is 74.9 Å². The lowest BCUT2D eigenvalue weighted by Crippen LogP contribution is -2.39. The van der Waals surface area contributed by atoms with Crippen LogP contribution in [0.15, 0.2) is 0 Å². The van der Waals surface area contributed by atoms with E-state index in [1.807, 2.05) is 16.8 Å². The number of fused-ring (bicyclic) bond motifs is 1. The zero-order chi connectivity index (χ0) is 21.3. The van der Waals surface area contributed by atoms with Crippen LogP contribution in [0.4, 0.5) is 5.82 Å². The Morgan fingerprint density at radius 1 is 1.17 bits per heavy atom. The van der Waals surface area contributed by atoms with E-state index >= 15 is 0 Å². The summed E-state index contributed by atoms with van der Waals surface area (Å²) >= 11 is 0. The highest BCUT2D eigenvalue weighted by atomic mass is 16.3. The van der Waals surface area contributed by atoms with Gasteiger partial charge in [0.25, 0.3) is 0 Å². The quantitative estimate of drug-likeness (QED) is 0.778. The molecule has 1 saturated heterocycles. The Morgan fingerprint density at radius 2 is 1.93 bits per heavy atom. The molecule has 1 aromatic heterocycles. The summed E-state index contributed by atoms with van der Waals surface area (Å²) in [5, 5.41) is 13.9. The number of aromatic nitrogens is 2. The Labute approximate surface area is 178 Å². The number of rotatable bonds is 4. The summed E-state index contributed by atoms with van der Waals surface area (Å²) in [6.07, 6.45) is 6.41. The average Bonchev–Trinajstić information content (AvgIpc) is 3.23. The minimum absolute atomic E-state index is 0.0470. The monoisotopic (exact) mass is 415 g/mol. The second-order valence-electron chi connectivity index (χ2n) is 9.08. The summed E-state index contributed by atoms with van der Waals surface area (Å²) in [5.41, 5.74) is 1.17. The zero-order valence-corrected chi connectivity index (χ0v) is 18.1. The van der Waals surface area contributed by atoms with Crippen LogP contribution >= 0.6 is 0 Å². The van der Waals surface area contributed by atoms with Crippen LogP contribution in [-0.4, -0.2) is 69.0 Å². The molecule has 3 aliphatic rings. The molecule has 0 bridgehead atoms. The molecule has 8 nitrogen and oxygen atoms in total. The molecule has 8 heteroatoms. The van der Waals surface area contributed by atoms with Crippen LogP contribution in [0.25, 0.3) is 0 Å². The van der Waals surface area contributed by atoms with Crippen LogP contribution in [0, 0.1) is 0 Å². The summed E-state index contributed by atoms with van der Waals surface area (Å²) in [6, 6.07) is 0. The van der Waals surface area contributed by atoms with Crippen LogP contribution in [0.3, 0.4) is 0 Å². The van der Waals surface area contributed by atoms with Crippen molar-refractivity contribution in [1.82, 2.24) is 19.8 Å². The van der Waals surface area contributed by atoms with E-state index < -0.39 is 5.60 Å². The van der Waals surface area contributed by atoms with Gasteiger partial charge in [-0.15, -0.1) is 0 Å². The minimum atomic E-state index is -0.822. The maximum Gasteiger partial charge on any atom is 0.225 e. The van der Waals surface area contributed by atoms with Crippen molar-refractivity contribution in [2.75, 3.05) is 32.0 Å². The first kappa shape index (κ1) is 21.0. The van der Waals surface area contributed by atoms with Crippen LogP contribution in [0.2, 0.25) is 0 Å². The number of aliphatic hydroxyl groups is 1. The highest BCUT2D eigenvalue weighted by Crippen LogP contribution is 2.34.